The van der Waals surface area contributed by atoms with Gasteiger partial charge in [-0.05, 0) is 73.5 Å². The van der Waals surface area contributed by atoms with Crippen molar-refractivity contribution in [2.75, 3.05) is 14.1 Å². The number of para-hydroxylation sites is 1. The average molecular weight is 425 g/mol. The lowest BCUT2D eigenvalue weighted by Gasteiger charge is -2.15. The molecule has 92 valence electrons. The van der Waals surface area contributed by atoms with E-state index in [1.807, 2.05) is 0 Å². The molecule has 0 radical (unpaired) electrons. The monoisotopic (exact) mass is 422 g/mol. The molecule has 2 rings (SSSR count). The third kappa shape index (κ3) is 2.95. The van der Waals surface area contributed by atoms with Gasteiger partial charge in [-0.3, -0.25) is 0 Å². The minimum Gasteiger partial charge on any atom is -0.313 e. The predicted octanol–water partition coefficient (Wildman–Crippen LogP) is 4.46. The Morgan fingerprint density at radius 2 is 1.82 bits per heavy atom. The molecule has 0 atom stereocenters. The topological polar surface area (TPSA) is 8.17 Å². The highest BCUT2D eigenvalue weighted by Crippen LogP contribution is 2.42. The summed E-state index contributed by atoms with van der Waals surface area (Å²) in [5, 5.41) is 1.28. The molecule has 2 nitrogen and oxygen atoms in total. The molecule has 17 heavy (non-hydrogen) atoms. The van der Waals surface area contributed by atoms with Crippen LogP contribution in [0, 0.1) is 0 Å². The van der Waals surface area contributed by atoms with Gasteiger partial charge in [0.1, 0.15) is 0 Å². The van der Waals surface area contributed by atoms with E-state index in [1.165, 1.54) is 16.5 Å². The molecule has 2 aromatic rings. The van der Waals surface area contributed by atoms with Crippen LogP contribution in [-0.4, -0.2) is 23.6 Å². The lowest BCUT2D eigenvalue weighted by atomic mass is 10.2. The summed E-state index contributed by atoms with van der Waals surface area (Å²) in [6.45, 7) is 0.927. The van der Waals surface area contributed by atoms with E-state index in [-0.39, 0.29) is 0 Å². The Hall–Kier alpha value is 0.160. The molecule has 0 fully saturated rings. The van der Waals surface area contributed by atoms with Gasteiger partial charge in [-0.2, -0.15) is 0 Å². The Kier molecular flexibility index (Phi) is 4.02. The van der Waals surface area contributed by atoms with E-state index in [9.17, 15) is 0 Å². The van der Waals surface area contributed by atoms with Crippen LogP contribution in [0.2, 0.25) is 0 Å². The number of hydrogen-bond donors (Lipinski definition) is 0. The van der Waals surface area contributed by atoms with E-state index in [0.717, 1.165) is 6.54 Å². The van der Waals surface area contributed by atoms with Crippen molar-refractivity contribution in [3.63, 3.8) is 0 Å². The van der Waals surface area contributed by atoms with Crippen LogP contribution in [0.5, 0.6) is 0 Å². The standard InChI is InChI=1S/C12H13Br3N2/c1-16(2)7-9-8-17(12(13,14)15)11-6-4-3-5-10(9)11/h3-6,8H,7H2,1-2H3. The fraction of sp³-hybridized carbons (Fsp3) is 0.333. The van der Waals surface area contributed by atoms with Gasteiger partial charge in [0.25, 0.3) is 0 Å². The summed E-state index contributed by atoms with van der Waals surface area (Å²) in [5.74, 6) is 0. The molecule has 0 N–H and O–H groups in total. The van der Waals surface area contributed by atoms with Crippen LogP contribution in [0.25, 0.3) is 10.9 Å². The number of alkyl halides is 3. The first-order chi connectivity index (χ1) is 7.89. The van der Waals surface area contributed by atoms with Crippen molar-refractivity contribution in [3.8, 4) is 0 Å². The Morgan fingerprint density at radius 3 is 2.41 bits per heavy atom. The van der Waals surface area contributed by atoms with Gasteiger partial charge in [-0.1, -0.05) is 18.2 Å². The molecule has 0 spiro atoms. The van der Waals surface area contributed by atoms with Crippen molar-refractivity contribution in [2.24, 2.45) is 0 Å². The maximum atomic E-state index is 3.57. The van der Waals surface area contributed by atoms with Crippen LogP contribution >= 0.6 is 47.8 Å². The Labute approximate surface area is 126 Å². The number of rotatable bonds is 2. The first kappa shape index (κ1) is 13.6. The fourth-order valence-electron chi connectivity index (χ4n) is 1.93. The maximum Gasteiger partial charge on any atom is 0.211 e. The van der Waals surface area contributed by atoms with Crippen molar-refractivity contribution in [2.45, 2.75) is 8.81 Å². The minimum atomic E-state index is -0.433. The summed E-state index contributed by atoms with van der Waals surface area (Å²) < 4.78 is 1.69. The lowest BCUT2D eigenvalue weighted by molar-refractivity contribution is 0.403. The summed E-state index contributed by atoms with van der Waals surface area (Å²) >= 11 is 10.7. The Balaban J connectivity index is 2.63. The highest BCUT2D eigenvalue weighted by molar-refractivity contribution is 9.38. The van der Waals surface area contributed by atoms with E-state index in [2.05, 4.69) is 102 Å². The largest absolute Gasteiger partial charge is 0.313 e. The Morgan fingerprint density at radius 1 is 1.18 bits per heavy atom. The number of halogens is 3. The second kappa shape index (κ2) is 5.03. The molecule has 0 bridgehead atoms. The zero-order chi connectivity index (χ0) is 12.6. The molecular weight excluding hydrogens is 412 g/mol. The molecule has 0 saturated carbocycles. The van der Waals surface area contributed by atoms with Gasteiger partial charge in [0.15, 0.2) is 0 Å². The van der Waals surface area contributed by atoms with Crippen LogP contribution in [0.1, 0.15) is 5.56 Å². The first-order valence-electron chi connectivity index (χ1n) is 5.20. The van der Waals surface area contributed by atoms with Crippen molar-refractivity contribution in [1.29, 1.82) is 0 Å². The molecule has 0 aliphatic rings. The third-order valence-corrected chi connectivity index (χ3v) is 3.70. The zero-order valence-corrected chi connectivity index (χ0v) is 14.4. The molecule has 0 unspecified atom stereocenters. The highest BCUT2D eigenvalue weighted by Gasteiger charge is 2.23. The summed E-state index contributed by atoms with van der Waals surface area (Å²) in [4.78, 5) is 2.17. The number of benzene rings is 1. The molecule has 0 saturated heterocycles. The van der Waals surface area contributed by atoms with E-state index in [1.54, 1.807) is 0 Å². The van der Waals surface area contributed by atoms with Crippen LogP contribution < -0.4 is 0 Å². The minimum absolute atomic E-state index is 0.433. The van der Waals surface area contributed by atoms with E-state index < -0.39 is 2.27 Å². The second-order valence-electron chi connectivity index (χ2n) is 4.25. The van der Waals surface area contributed by atoms with E-state index in [0.29, 0.717) is 0 Å². The summed E-state index contributed by atoms with van der Waals surface area (Å²) in [6, 6.07) is 8.40. The fourth-order valence-corrected chi connectivity index (χ4v) is 2.81. The molecule has 0 aliphatic carbocycles. The summed E-state index contributed by atoms with van der Waals surface area (Å²) in [7, 11) is 4.16. The van der Waals surface area contributed by atoms with Crippen molar-refractivity contribution in [1.82, 2.24) is 9.47 Å². The average Bonchev–Trinajstić information content (AvgIpc) is 2.56. The van der Waals surface area contributed by atoms with E-state index >= 15 is 0 Å². The summed E-state index contributed by atoms with van der Waals surface area (Å²) in [5.41, 5.74) is 2.50. The number of fused-ring (bicyclic) bond motifs is 1. The number of nitrogens with zero attached hydrogens (tertiary/aromatic N) is 2. The van der Waals surface area contributed by atoms with Gasteiger partial charge in [0.05, 0.1) is 5.52 Å². The zero-order valence-electron chi connectivity index (χ0n) is 9.62. The molecular formula is C12H13Br3N2. The molecule has 0 aliphatic heterocycles. The van der Waals surface area contributed by atoms with Crippen LogP contribution in [-0.2, 0) is 8.81 Å². The van der Waals surface area contributed by atoms with Crippen LogP contribution in [0.4, 0.5) is 0 Å². The van der Waals surface area contributed by atoms with Crippen molar-refractivity contribution < 1.29 is 0 Å². The molecule has 1 heterocycles. The lowest BCUT2D eigenvalue weighted by Crippen LogP contribution is -2.11. The quantitative estimate of drug-likeness (QED) is 0.646. The highest BCUT2D eigenvalue weighted by atomic mass is 80.0. The molecule has 1 aromatic carbocycles. The van der Waals surface area contributed by atoms with Gasteiger partial charge in [-0.15, -0.1) is 0 Å². The number of hydrogen-bond acceptors (Lipinski definition) is 1. The summed E-state index contributed by atoms with van der Waals surface area (Å²) in [6.07, 6.45) is 2.16. The van der Waals surface area contributed by atoms with Crippen molar-refractivity contribution >= 4 is 58.7 Å². The third-order valence-electron chi connectivity index (χ3n) is 2.55. The SMILES string of the molecule is CN(C)Cc1cn(C(Br)(Br)Br)c2ccccc12. The molecule has 1 aromatic heterocycles. The second-order valence-corrected chi connectivity index (χ2v) is 10.9. The smallest absolute Gasteiger partial charge is 0.211 e. The first-order valence-corrected chi connectivity index (χ1v) is 7.58. The van der Waals surface area contributed by atoms with Crippen molar-refractivity contribution in [3.05, 3.63) is 36.0 Å². The molecule has 0 amide bonds. The van der Waals surface area contributed by atoms with Crippen LogP contribution in [0.15, 0.2) is 30.5 Å². The van der Waals surface area contributed by atoms with Gasteiger partial charge in [0, 0.05) is 18.1 Å². The van der Waals surface area contributed by atoms with E-state index in [4.69, 9.17) is 0 Å². The Bertz CT molecular complexity index is 526. The van der Waals surface area contributed by atoms with Crippen LogP contribution in [0.3, 0.4) is 0 Å². The normalized spacial score (nSPS) is 12.6. The van der Waals surface area contributed by atoms with Gasteiger partial charge >= 0.3 is 0 Å². The molecule has 5 heteroatoms. The van der Waals surface area contributed by atoms with Gasteiger partial charge in [0.2, 0.25) is 2.27 Å². The van der Waals surface area contributed by atoms with Gasteiger partial charge < -0.3 is 9.47 Å². The predicted molar refractivity (Wildman–Crippen MR) is 84.1 cm³/mol. The van der Waals surface area contributed by atoms with Gasteiger partial charge in [-0.25, -0.2) is 0 Å². The number of aromatic nitrogens is 1. The maximum absolute atomic E-state index is 3.57.